The molecule has 2 aromatic heterocycles. The van der Waals surface area contributed by atoms with Crippen LogP contribution >= 0.6 is 0 Å². The van der Waals surface area contributed by atoms with Crippen molar-refractivity contribution in [2.75, 3.05) is 0 Å². The molecule has 2 saturated carbocycles. The number of alkyl halides is 5. The first kappa shape index (κ1) is 24.6. The molecule has 1 N–H and O–H groups in total. The fourth-order valence-corrected chi connectivity index (χ4v) is 5.66. The highest BCUT2D eigenvalue weighted by atomic mass is 19.4. The van der Waals surface area contributed by atoms with Gasteiger partial charge < -0.3 is 4.98 Å². The Kier molecular flexibility index (Phi) is 6.00. The molecule has 3 aromatic rings. The number of hydrogen-bond acceptors (Lipinski definition) is 3. The van der Waals surface area contributed by atoms with E-state index in [1.165, 1.54) is 19.2 Å². The number of aromatic amines is 1. The number of pyridine rings is 2. The van der Waals surface area contributed by atoms with Crippen molar-refractivity contribution in [3.8, 4) is 11.3 Å². The molecule has 0 aliphatic heterocycles. The van der Waals surface area contributed by atoms with Crippen molar-refractivity contribution in [3.63, 3.8) is 0 Å². The van der Waals surface area contributed by atoms with Gasteiger partial charge in [-0.15, -0.1) is 0 Å². The average molecular weight is 504 g/mol. The fraction of sp³-hybridized carbons (Fsp3) is 0.444. The summed E-state index contributed by atoms with van der Waals surface area (Å²) in [7, 11) is 0. The monoisotopic (exact) mass is 504 g/mol. The number of hydrogen-bond donors (Lipinski definition) is 1. The first-order chi connectivity index (χ1) is 16.9. The number of benzene rings is 1. The van der Waals surface area contributed by atoms with E-state index in [2.05, 4.69) is 9.97 Å². The van der Waals surface area contributed by atoms with Gasteiger partial charge in [-0.25, -0.2) is 8.78 Å². The molecule has 9 heteroatoms. The van der Waals surface area contributed by atoms with Crippen molar-refractivity contribution in [2.45, 2.75) is 69.4 Å². The summed E-state index contributed by atoms with van der Waals surface area (Å²) >= 11 is 0. The van der Waals surface area contributed by atoms with Crippen LogP contribution in [0.2, 0.25) is 0 Å². The number of carbonyl (C=O) groups is 1. The van der Waals surface area contributed by atoms with E-state index in [1.54, 1.807) is 18.2 Å². The second-order valence-electron chi connectivity index (χ2n) is 10.1. The van der Waals surface area contributed by atoms with Crippen molar-refractivity contribution < 1.29 is 26.7 Å². The smallest absolute Gasteiger partial charge is 0.354 e. The zero-order valence-electron chi connectivity index (χ0n) is 19.6. The molecule has 1 aromatic carbocycles. The number of Topliss-reactive ketones (excluding diaryl/α,β-unsaturated/α-hetero) is 1. The molecule has 0 amide bonds. The number of fused-ring (bicyclic) bond motifs is 1. The van der Waals surface area contributed by atoms with Gasteiger partial charge in [0.05, 0.1) is 16.8 Å². The molecule has 4 nitrogen and oxygen atoms in total. The summed E-state index contributed by atoms with van der Waals surface area (Å²) in [6.07, 6.45) is -2.67. The van der Waals surface area contributed by atoms with Crippen molar-refractivity contribution in [2.24, 2.45) is 5.92 Å². The highest BCUT2D eigenvalue weighted by Gasteiger charge is 2.46. The Morgan fingerprint density at radius 3 is 2.33 bits per heavy atom. The van der Waals surface area contributed by atoms with Crippen LogP contribution in [0.4, 0.5) is 22.0 Å². The van der Waals surface area contributed by atoms with E-state index in [0.717, 1.165) is 11.1 Å². The van der Waals surface area contributed by atoms with Crippen LogP contribution in [0.15, 0.2) is 41.3 Å². The standard InChI is InChI=1S/C27H25F5N2O2/c1-14(35)25-24-21(8-9-33-25)34-22(11-23(24)36)19-7-4-16(17-12-26(28,29)13-17)10-20(19)15-2-5-18(6-3-15)27(30,31)32/h4,7-11,15,17-18H,2-3,5-6,12-13H2,1H3,(H,34,36)/t15-,18-. The summed E-state index contributed by atoms with van der Waals surface area (Å²) in [4.78, 5) is 32.2. The molecule has 2 aliphatic rings. The van der Waals surface area contributed by atoms with Crippen LogP contribution in [-0.4, -0.2) is 27.9 Å². The number of nitrogens with one attached hydrogen (secondary N) is 1. The van der Waals surface area contributed by atoms with Gasteiger partial charge in [0.25, 0.3) is 0 Å². The van der Waals surface area contributed by atoms with E-state index in [0.29, 0.717) is 29.6 Å². The van der Waals surface area contributed by atoms with E-state index in [-0.39, 0.29) is 54.4 Å². The summed E-state index contributed by atoms with van der Waals surface area (Å²) in [5, 5.41) is 0.175. The molecule has 0 bridgehead atoms. The summed E-state index contributed by atoms with van der Waals surface area (Å²) in [5.74, 6) is -4.88. The molecule has 5 rings (SSSR count). The summed E-state index contributed by atoms with van der Waals surface area (Å²) in [5.41, 5.74) is 2.71. The van der Waals surface area contributed by atoms with Crippen molar-refractivity contribution in [1.82, 2.24) is 9.97 Å². The van der Waals surface area contributed by atoms with Crippen molar-refractivity contribution in [3.05, 3.63) is 63.6 Å². The molecule has 2 fully saturated rings. The highest BCUT2D eigenvalue weighted by molar-refractivity contribution is 6.04. The van der Waals surface area contributed by atoms with Gasteiger partial charge in [0.1, 0.15) is 5.69 Å². The molecule has 0 unspecified atom stereocenters. The lowest BCUT2D eigenvalue weighted by atomic mass is 9.73. The lowest BCUT2D eigenvalue weighted by molar-refractivity contribution is -0.182. The summed E-state index contributed by atoms with van der Waals surface area (Å²) < 4.78 is 66.8. The molecule has 0 atom stereocenters. The Morgan fingerprint density at radius 1 is 1.03 bits per heavy atom. The van der Waals surface area contributed by atoms with Gasteiger partial charge in [-0.3, -0.25) is 14.6 Å². The molecular formula is C27H25F5N2O2. The maximum Gasteiger partial charge on any atom is 0.391 e. The van der Waals surface area contributed by atoms with Gasteiger partial charge in [0, 0.05) is 43.3 Å². The molecule has 36 heavy (non-hydrogen) atoms. The number of halogens is 5. The second-order valence-corrected chi connectivity index (χ2v) is 10.1. The predicted octanol–water partition coefficient (Wildman–Crippen LogP) is 7.14. The van der Waals surface area contributed by atoms with E-state index >= 15 is 0 Å². The van der Waals surface area contributed by atoms with Crippen LogP contribution < -0.4 is 5.43 Å². The zero-order valence-corrected chi connectivity index (χ0v) is 19.6. The topological polar surface area (TPSA) is 62.8 Å². The molecule has 2 aliphatic carbocycles. The normalized spacial score (nSPS) is 22.4. The molecule has 0 spiro atoms. The van der Waals surface area contributed by atoms with E-state index in [9.17, 15) is 31.5 Å². The summed E-state index contributed by atoms with van der Waals surface area (Å²) in [6, 6.07) is 8.32. The minimum absolute atomic E-state index is 0.00121. The zero-order chi connectivity index (χ0) is 25.8. The fourth-order valence-electron chi connectivity index (χ4n) is 5.66. The first-order valence-corrected chi connectivity index (χ1v) is 12.0. The maximum absolute atomic E-state index is 13.5. The minimum atomic E-state index is -4.24. The molecule has 190 valence electrons. The largest absolute Gasteiger partial charge is 0.391 e. The van der Waals surface area contributed by atoms with Gasteiger partial charge in [0.2, 0.25) is 5.92 Å². The Bertz CT molecular complexity index is 1380. The maximum atomic E-state index is 13.5. The number of nitrogens with zero attached hydrogens (tertiary/aromatic N) is 1. The van der Waals surface area contributed by atoms with Gasteiger partial charge in [-0.1, -0.05) is 18.2 Å². The molecule has 0 saturated heterocycles. The van der Waals surface area contributed by atoms with Crippen LogP contribution in [0, 0.1) is 5.92 Å². The van der Waals surface area contributed by atoms with E-state index in [4.69, 9.17) is 0 Å². The third kappa shape index (κ3) is 4.55. The molecule has 2 heterocycles. The van der Waals surface area contributed by atoms with E-state index < -0.39 is 23.4 Å². The average Bonchev–Trinajstić information content (AvgIpc) is 2.81. The summed E-state index contributed by atoms with van der Waals surface area (Å²) in [6.45, 7) is 1.33. The predicted molar refractivity (Wildman–Crippen MR) is 125 cm³/mol. The lowest BCUT2D eigenvalue weighted by Gasteiger charge is -2.36. The number of aromatic nitrogens is 2. The third-order valence-corrected chi connectivity index (χ3v) is 7.63. The number of carbonyl (C=O) groups excluding carboxylic acids is 1. The van der Waals surface area contributed by atoms with Crippen LogP contribution in [0.25, 0.3) is 22.2 Å². The minimum Gasteiger partial charge on any atom is -0.354 e. The van der Waals surface area contributed by atoms with E-state index in [1.807, 2.05) is 6.07 Å². The van der Waals surface area contributed by atoms with Crippen LogP contribution in [0.1, 0.15) is 78.9 Å². The highest BCUT2D eigenvalue weighted by Crippen LogP contribution is 2.50. The van der Waals surface area contributed by atoms with Crippen LogP contribution in [-0.2, 0) is 0 Å². The Hall–Kier alpha value is -3.10. The van der Waals surface area contributed by atoms with Crippen molar-refractivity contribution in [1.29, 1.82) is 0 Å². The van der Waals surface area contributed by atoms with Crippen molar-refractivity contribution >= 4 is 16.7 Å². The SMILES string of the molecule is CC(=O)c1nccc2[nH]c(-c3ccc(C4CC(F)(F)C4)cc3[C@H]3CC[C@H](C(F)(F)F)CC3)cc(=O)c12. The Morgan fingerprint density at radius 2 is 1.72 bits per heavy atom. The van der Waals surface area contributed by atoms with Gasteiger partial charge >= 0.3 is 6.18 Å². The van der Waals surface area contributed by atoms with Crippen LogP contribution in [0.5, 0.6) is 0 Å². The number of H-pyrrole nitrogens is 1. The molecule has 0 radical (unpaired) electrons. The molecular weight excluding hydrogens is 479 g/mol. The van der Waals surface area contributed by atoms with Crippen LogP contribution in [0.3, 0.4) is 0 Å². The lowest BCUT2D eigenvalue weighted by Crippen LogP contribution is -2.33. The number of rotatable bonds is 4. The van der Waals surface area contributed by atoms with Gasteiger partial charge in [0.15, 0.2) is 11.2 Å². The first-order valence-electron chi connectivity index (χ1n) is 12.0. The third-order valence-electron chi connectivity index (χ3n) is 7.63. The quantitative estimate of drug-likeness (QED) is 0.303. The van der Waals surface area contributed by atoms with Gasteiger partial charge in [-0.2, -0.15) is 13.2 Å². The number of ketones is 1. The van der Waals surface area contributed by atoms with Gasteiger partial charge in [-0.05, 0) is 54.7 Å². The Balaban J connectivity index is 1.58. The second kappa shape index (κ2) is 8.78. The Labute approximate surface area is 203 Å².